The SMILES string of the molecule is N[C@H](c1ccc(OCCF)cc1F)C(F)(F)F. The largest absolute Gasteiger partial charge is 0.491 e. The minimum absolute atomic E-state index is 0.0433. The van der Waals surface area contributed by atoms with Gasteiger partial charge in [0, 0.05) is 11.6 Å². The lowest BCUT2D eigenvalue weighted by Gasteiger charge is -2.17. The third-order valence-electron chi connectivity index (χ3n) is 2.01. The van der Waals surface area contributed by atoms with E-state index in [4.69, 9.17) is 10.5 Å². The lowest BCUT2D eigenvalue weighted by molar-refractivity contribution is -0.149. The molecule has 0 aromatic heterocycles. The zero-order chi connectivity index (χ0) is 13.1. The van der Waals surface area contributed by atoms with E-state index in [0.29, 0.717) is 0 Å². The molecule has 17 heavy (non-hydrogen) atoms. The number of hydrogen-bond donors (Lipinski definition) is 1. The first-order chi connectivity index (χ1) is 7.86. The Bertz CT molecular complexity index is 379. The summed E-state index contributed by atoms with van der Waals surface area (Å²) in [5, 5.41) is 0. The van der Waals surface area contributed by atoms with Crippen molar-refractivity contribution in [1.29, 1.82) is 0 Å². The second kappa shape index (κ2) is 5.31. The van der Waals surface area contributed by atoms with Crippen LogP contribution in [-0.4, -0.2) is 19.5 Å². The second-order valence-electron chi connectivity index (χ2n) is 3.24. The number of ether oxygens (including phenoxy) is 1. The average molecular weight is 255 g/mol. The number of rotatable bonds is 4. The van der Waals surface area contributed by atoms with Crippen molar-refractivity contribution >= 4 is 0 Å². The summed E-state index contributed by atoms with van der Waals surface area (Å²) in [6, 6.07) is 0.342. The van der Waals surface area contributed by atoms with E-state index in [2.05, 4.69) is 0 Å². The van der Waals surface area contributed by atoms with Gasteiger partial charge in [-0.15, -0.1) is 0 Å². The van der Waals surface area contributed by atoms with Gasteiger partial charge in [0.15, 0.2) is 0 Å². The normalized spacial score (nSPS) is 13.5. The minimum atomic E-state index is -4.72. The zero-order valence-corrected chi connectivity index (χ0v) is 8.60. The maximum absolute atomic E-state index is 13.3. The van der Waals surface area contributed by atoms with Gasteiger partial charge in [0.25, 0.3) is 0 Å². The maximum Gasteiger partial charge on any atom is 0.407 e. The number of nitrogens with two attached hydrogens (primary N) is 1. The van der Waals surface area contributed by atoms with Gasteiger partial charge >= 0.3 is 6.18 Å². The van der Waals surface area contributed by atoms with Crippen molar-refractivity contribution in [2.75, 3.05) is 13.3 Å². The van der Waals surface area contributed by atoms with E-state index in [1.54, 1.807) is 0 Å². The fraction of sp³-hybridized carbons (Fsp3) is 0.400. The number of benzene rings is 1. The highest BCUT2D eigenvalue weighted by Crippen LogP contribution is 2.32. The minimum Gasteiger partial charge on any atom is -0.491 e. The molecule has 0 spiro atoms. The summed E-state index contributed by atoms with van der Waals surface area (Å²) >= 11 is 0. The van der Waals surface area contributed by atoms with Crippen molar-refractivity contribution in [3.8, 4) is 5.75 Å². The van der Waals surface area contributed by atoms with Crippen LogP contribution in [0.4, 0.5) is 22.0 Å². The summed E-state index contributed by atoms with van der Waals surface area (Å²) in [4.78, 5) is 0. The van der Waals surface area contributed by atoms with E-state index in [0.717, 1.165) is 18.2 Å². The van der Waals surface area contributed by atoms with E-state index >= 15 is 0 Å². The van der Waals surface area contributed by atoms with Gasteiger partial charge in [-0.2, -0.15) is 13.2 Å². The Morgan fingerprint density at radius 2 is 1.94 bits per heavy atom. The fourth-order valence-corrected chi connectivity index (χ4v) is 1.18. The van der Waals surface area contributed by atoms with Crippen LogP contribution in [0.25, 0.3) is 0 Å². The molecule has 96 valence electrons. The molecule has 7 heteroatoms. The Kier molecular flexibility index (Phi) is 4.28. The first-order valence-corrected chi connectivity index (χ1v) is 4.66. The molecule has 0 aliphatic carbocycles. The topological polar surface area (TPSA) is 35.2 Å². The summed E-state index contributed by atoms with van der Waals surface area (Å²) in [6.07, 6.45) is -4.72. The maximum atomic E-state index is 13.3. The molecule has 1 rings (SSSR count). The van der Waals surface area contributed by atoms with E-state index in [9.17, 15) is 22.0 Å². The fourth-order valence-electron chi connectivity index (χ4n) is 1.18. The Balaban J connectivity index is 2.90. The predicted molar refractivity (Wildman–Crippen MR) is 50.9 cm³/mol. The Morgan fingerprint density at radius 3 is 2.41 bits per heavy atom. The summed E-state index contributed by atoms with van der Waals surface area (Å²) in [5.41, 5.74) is 4.18. The highest BCUT2D eigenvalue weighted by atomic mass is 19.4. The molecule has 1 aromatic carbocycles. The van der Waals surface area contributed by atoms with Gasteiger partial charge in [-0.05, 0) is 6.07 Å². The quantitative estimate of drug-likeness (QED) is 0.839. The van der Waals surface area contributed by atoms with E-state index < -0.39 is 30.3 Å². The summed E-state index contributed by atoms with van der Waals surface area (Å²) in [7, 11) is 0. The Labute approximate surface area is 94.2 Å². The third-order valence-corrected chi connectivity index (χ3v) is 2.01. The van der Waals surface area contributed by atoms with Crippen LogP contribution in [0.2, 0.25) is 0 Å². The monoisotopic (exact) mass is 255 g/mol. The van der Waals surface area contributed by atoms with Crippen molar-refractivity contribution in [3.63, 3.8) is 0 Å². The molecule has 0 aliphatic rings. The van der Waals surface area contributed by atoms with Crippen molar-refractivity contribution < 1.29 is 26.7 Å². The van der Waals surface area contributed by atoms with Crippen LogP contribution in [0.15, 0.2) is 18.2 Å². The predicted octanol–water partition coefficient (Wildman–Crippen LogP) is 2.74. The molecular formula is C10H10F5NO. The van der Waals surface area contributed by atoms with Crippen LogP contribution in [0.3, 0.4) is 0 Å². The van der Waals surface area contributed by atoms with Crippen LogP contribution in [-0.2, 0) is 0 Å². The van der Waals surface area contributed by atoms with Crippen molar-refractivity contribution in [3.05, 3.63) is 29.6 Å². The molecule has 0 fully saturated rings. The standard InChI is InChI=1S/C10H10F5NO/c11-3-4-17-6-1-2-7(8(12)5-6)9(16)10(13,14)15/h1-2,5,9H,3-4,16H2/t9-/m1/s1. The van der Waals surface area contributed by atoms with Crippen molar-refractivity contribution in [2.45, 2.75) is 12.2 Å². The molecule has 0 saturated heterocycles. The molecule has 1 atom stereocenters. The lowest BCUT2D eigenvalue weighted by atomic mass is 10.1. The van der Waals surface area contributed by atoms with Gasteiger partial charge in [0.2, 0.25) is 0 Å². The Hall–Kier alpha value is -1.37. The van der Waals surface area contributed by atoms with Gasteiger partial charge < -0.3 is 10.5 Å². The van der Waals surface area contributed by atoms with Gasteiger partial charge in [-0.1, -0.05) is 6.07 Å². The first kappa shape index (κ1) is 13.7. The van der Waals surface area contributed by atoms with Crippen molar-refractivity contribution in [1.82, 2.24) is 0 Å². The smallest absolute Gasteiger partial charge is 0.407 e. The highest BCUT2D eigenvalue weighted by Gasteiger charge is 2.39. The van der Waals surface area contributed by atoms with E-state index in [1.165, 1.54) is 0 Å². The average Bonchev–Trinajstić information content (AvgIpc) is 2.24. The molecule has 0 amide bonds. The number of hydrogen-bond acceptors (Lipinski definition) is 2. The lowest BCUT2D eigenvalue weighted by Crippen LogP contribution is -2.29. The van der Waals surface area contributed by atoms with E-state index in [-0.39, 0.29) is 12.4 Å². The van der Waals surface area contributed by atoms with Crippen LogP contribution < -0.4 is 10.5 Å². The van der Waals surface area contributed by atoms with Crippen molar-refractivity contribution in [2.24, 2.45) is 5.73 Å². The number of halogens is 5. The summed E-state index contributed by atoms with van der Waals surface area (Å²) in [5.74, 6) is -1.18. The molecule has 0 saturated carbocycles. The molecule has 0 bridgehead atoms. The van der Waals surface area contributed by atoms with Crippen LogP contribution >= 0.6 is 0 Å². The molecule has 1 aromatic rings. The summed E-state index contributed by atoms with van der Waals surface area (Å²) in [6.45, 7) is -1.06. The molecule has 0 unspecified atom stereocenters. The molecular weight excluding hydrogens is 245 g/mol. The van der Waals surface area contributed by atoms with Crippen LogP contribution in [0.5, 0.6) is 5.75 Å². The number of alkyl halides is 4. The van der Waals surface area contributed by atoms with Crippen LogP contribution in [0, 0.1) is 5.82 Å². The van der Waals surface area contributed by atoms with Gasteiger partial charge in [-0.25, -0.2) is 8.78 Å². The third kappa shape index (κ3) is 3.55. The molecule has 2 N–H and O–H groups in total. The zero-order valence-electron chi connectivity index (χ0n) is 8.60. The second-order valence-corrected chi connectivity index (χ2v) is 3.24. The first-order valence-electron chi connectivity index (χ1n) is 4.66. The molecule has 2 nitrogen and oxygen atoms in total. The van der Waals surface area contributed by atoms with Gasteiger partial charge in [0.05, 0.1) is 0 Å². The molecule has 0 radical (unpaired) electrons. The van der Waals surface area contributed by atoms with E-state index in [1.807, 2.05) is 0 Å². The molecule has 0 aliphatic heterocycles. The summed E-state index contributed by atoms with van der Waals surface area (Å²) < 4.78 is 66.5. The van der Waals surface area contributed by atoms with Gasteiger partial charge in [-0.3, -0.25) is 0 Å². The highest BCUT2D eigenvalue weighted by molar-refractivity contribution is 5.31. The van der Waals surface area contributed by atoms with Crippen LogP contribution in [0.1, 0.15) is 11.6 Å². The van der Waals surface area contributed by atoms with Gasteiger partial charge in [0.1, 0.15) is 30.9 Å². The Morgan fingerprint density at radius 1 is 1.29 bits per heavy atom. The molecule has 0 heterocycles.